The second-order valence-corrected chi connectivity index (χ2v) is 5.89. The summed E-state index contributed by atoms with van der Waals surface area (Å²) in [5, 5.41) is 15.1. The van der Waals surface area contributed by atoms with Gasteiger partial charge in [0.05, 0.1) is 16.3 Å². The van der Waals surface area contributed by atoms with E-state index in [0.29, 0.717) is 21.4 Å². The number of rotatable bonds is 4. The van der Waals surface area contributed by atoms with E-state index in [1.165, 1.54) is 11.3 Å². The lowest BCUT2D eigenvalue weighted by atomic mass is 10.2. The molecule has 0 aliphatic rings. The summed E-state index contributed by atoms with van der Waals surface area (Å²) in [5.41, 5.74) is 1.61. The fourth-order valence-corrected chi connectivity index (χ4v) is 2.79. The second kappa shape index (κ2) is 7.58. The van der Waals surface area contributed by atoms with E-state index in [4.69, 9.17) is 16.9 Å². The molecular formula is C16H13ClN4OS. The van der Waals surface area contributed by atoms with Crippen molar-refractivity contribution in [2.24, 2.45) is 0 Å². The number of thiazole rings is 1. The molecule has 0 saturated carbocycles. The molecule has 0 unspecified atom stereocenters. The molecule has 0 fully saturated rings. The number of urea groups is 1. The Hall–Kier alpha value is -2.62. The molecule has 0 aliphatic heterocycles. The maximum absolute atomic E-state index is 11.9. The summed E-state index contributed by atoms with van der Waals surface area (Å²) in [4.78, 5) is 16.2. The number of amides is 2. The van der Waals surface area contributed by atoms with Crippen molar-refractivity contribution in [2.75, 3.05) is 5.32 Å². The molecule has 116 valence electrons. The minimum absolute atomic E-state index is 0.362. The third kappa shape index (κ3) is 4.68. The summed E-state index contributed by atoms with van der Waals surface area (Å²) in [5.74, 6) is 0. The normalized spacial score (nSPS) is 11.4. The number of fused-ring (bicyclic) bond motifs is 1. The number of carbonyl (C=O) groups excluding carboxylic acids is 1. The Morgan fingerprint density at radius 1 is 1.48 bits per heavy atom. The van der Waals surface area contributed by atoms with E-state index >= 15 is 0 Å². The maximum atomic E-state index is 11.9. The van der Waals surface area contributed by atoms with Gasteiger partial charge in [-0.3, -0.25) is 5.32 Å². The van der Waals surface area contributed by atoms with Gasteiger partial charge in [-0.15, -0.1) is 0 Å². The molecule has 0 bridgehead atoms. The predicted octanol–water partition coefficient (Wildman–Crippen LogP) is 4.61. The summed E-state index contributed by atoms with van der Waals surface area (Å²) in [7, 11) is 0. The van der Waals surface area contributed by atoms with Gasteiger partial charge in [-0.2, -0.15) is 5.26 Å². The first-order chi connectivity index (χ1) is 11.0. The van der Waals surface area contributed by atoms with Gasteiger partial charge in [0.15, 0.2) is 5.13 Å². The van der Waals surface area contributed by atoms with E-state index in [1.807, 2.05) is 6.07 Å². The zero-order chi connectivity index (χ0) is 16.8. The molecule has 2 amide bonds. The summed E-state index contributed by atoms with van der Waals surface area (Å²) < 4.78 is 0.887. The Balaban J connectivity index is 1.98. The number of benzene rings is 1. The maximum Gasteiger partial charge on any atom is 0.325 e. The Bertz CT molecular complexity index is 861. The van der Waals surface area contributed by atoms with Crippen LogP contribution < -0.4 is 10.6 Å². The van der Waals surface area contributed by atoms with Gasteiger partial charge in [-0.05, 0) is 37.3 Å². The fraction of sp³-hybridized carbons (Fsp3) is 0.0625. The zero-order valence-corrected chi connectivity index (χ0v) is 13.8. The number of halogens is 1. The molecule has 0 saturated heterocycles. The fourth-order valence-electron chi connectivity index (χ4n) is 1.66. The van der Waals surface area contributed by atoms with E-state index in [-0.39, 0.29) is 0 Å². The van der Waals surface area contributed by atoms with Crippen LogP contribution in [0.15, 0.2) is 54.3 Å². The molecule has 2 N–H and O–H groups in total. The molecule has 7 heteroatoms. The molecular weight excluding hydrogens is 332 g/mol. The molecule has 1 aromatic carbocycles. The van der Waals surface area contributed by atoms with Crippen LogP contribution in [0.2, 0.25) is 5.02 Å². The predicted molar refractivity (Wildman–Crippen MR) is 94.4 cm³/mol. The van der Waals surface area contributed by atoms with Crippen molar-refractivity contribution in [2.45, 2.75) is 6.92 Å². The van der Waals surface area contributed by atoms with Gasteiger partial charge < -0.3 is 5.32 Å². The number of aromatic nitrogens is 1. The summed E-state index contributed by atoms with van der Waals surface area (Å²) in [6, 6.07) is 6.88. The van der Waals surface area contributed by atoms with Crippen LogP contribution in [0.3, 0.4) is 0 Å². The number of nitrogens with one attached hydrogen (secondary N) is 2. The van der Waals surface area contributed by atoms with Crippen LogP contribution in [0, 0.1) is 11.3 Å². The molecule has 5 nitrogen and oxygen atoms in total. The Morgan fingerprint density at radius 3 is 2.96 bits per heavy atom. The molecule has 1 heterocycles. The quantitative estimate of drug-likeness (QED) is 0.628. The largest absolute Gasteiger partial charge is 0.325 e. The first-order valence-corrected chi connectivity index (χ1v) is 7.78. The molecule has 0 atom stereocenters. The average Bonchev–Trinajstić information content (AvgIpc) is 2.89. The van der Waals surface area contributed by atoms with Gasteiger partial charge in [0, 0.05) is 16.3 Å². The van der Waals surface area contributed by atoms with Crippen molar-refractivity contribution >= 4 is 44.3 Å². The highest BCUT2D eigenvalue weighted by molar-refractivity contribution is 7.22. The van der Waals surface area contributed by atoms with Crippen LogP contribution >= 0.6 is 22.9 Å². The van der Waals surface area contributed by atoms with Crippen LogP contribution in [-0.2, 0) is 0 Å². The number of carbonyl (C=O) groups is 1. The topological polar surface area (TPSA) is 77.8 Å². The smallest absolute Gasteiger partial charge is 0.308 e. The minimum atomic E-state index is -0.455. The van der Waals surface area contributed by atoms with Crippen LogP contribution in [0.25, 0.3) is 10.2 Å². The first-order valence-electron chi connectivity index (χ1n) is 6.59. The third-order valence-electron chi connectivity index (χ3n) is 2.75. The highest BCUT2D eigenvalue weighted by atomic mass is 35.5. The lowest BCUT2D eigenvalue weighted by Crippen LogP contribution is -2.26. The molecule has 0 aliphatic carbocycles. The van der Waals surface area contributed by atoms with Gasteiger partial charge in [0.2, 0.25) is 0 Å². The summed E-state index contributed by atoms with van der Waals surface area (Å²) >= 11 is 7.24. The van der Waals surface area contributed by atoms with Crippen molar-refractivity contribution in [3.05, 3.63) is 59.3 Å². The van der Waals surface area contributed by atoms with Gasteiger partial charge in [0.25, 0.3) is 0 Å². The van der Waals surface area contributed by atoms with E-state index < -0.39 is 6.03 Å². The van der Waals surface area contributed by atoms with E-state index in [0.717, 1.165) is 10.2 Å². The van der Waals surface area contributed by atoms with Gasteiger partial charge in [-0.1, -0.05) is 35.6 Å². The molecule has 23 heavy (non-hydrogen) atoms. The highest BCUT2D eigenvalue weighted by Crippen LogP contribution is 2.28. The Morgan fingerprint density at radius 2 is 2.26 bits per heavy atom. The summed E-state index contributed by atoms with van der Waals surface area (Å²) in [6.07, 6.45) is 4.79. The molecule has 1 aromatic heterocycles. The summed E-state index contributed by atoms with van der Waals surface area (Å²) in [6.45, 7) is 5.46. The standard InChI is InChI=1S/C16H13ClN4OS/c1-3-11(9-18)5-4-10(2)19-15(22)21-16-20-13-7-6-12(17)8-14(13)23-16/h3-8H,2H2,1H3,(H2,19,20,21,22)/b5-4-,11-3+. The van der Waals surface area contributed by atoms with E-state index in [1.54, 1.807) is 43.4 Å². The van der Waals surface area contributed by atoms with Gasteiger partial charge in [-0.25, -0.2) is 9.78 Å². The van der Waals surface area contributed by atoms with Crippen LogP contribution in [0.1, 0.15) is 6.92 Å². The van der Waals surface area contributed by atoms with Gasteiger partial charge >= 0.3 is 6.03 Å². The average molecular weight is 345 g/mol. The van der Waals surface area contributed by atoms with Crippen molar-refractivity contribution < 1.29 is 4.79 Å². The third-order valence-corrected chi connectivity index (χ3v) is 3.92. The molecule has 0 radical (unpaired) electrons. The van der Waals surface area contributed by atoms with E-state index in [2.05, 4.69) is 22.2 Å². The van der Waals surface area contributed by atoms with Crippen LogP contribution in [0.5, 0.6) is 0 Å². The van der Waals surface area contributed by atoms with Crippen molar-refractivity contribution in [1.82, 2.24) is 10.3 Å². The SMILES string of the molecule is C=C(/C=C\C(C#N)=C/C)NC(=O)Nc1nc2ccc(Cl)cc2s1. The van der Waals surface area contributed by atoms with Crippen LogP contribution in [-0.4, -0.2) is 11.0 Å². The Labute approximate surface area is 142 Å². The first kappa shape index (κ1) is 16.7. The Kier molecular flexibility index (Phi) is 5.52. The van der Waals surface area contributed by atoms with Crippen molar-refractivity contribution in [3.63, 3.8) is 0 Å². The lowest BCUT2D eigenvalue weighted by Gasteiger charge is -2.04. The highest BCUT2D eigenvalue weighted by Gasteiger charge is 2.08. The minimum Gasteiger partial charge on any atom is -0.308 e. The van der Waals surface area contributed by atoms with E-state index in [9.17, 15) is 4.79 Å². The second-order valence-electron chi connectivity index (χ2n) is 4.42. The number of hydrogen-bond donors (Lipinski definition) is 2. The lowest BCUT2D eigenvalue weighted by molar-refractivity contribution is 0.254. The number of nitriles is 1. The zero-order valence-electron chi connectivity index (χ0n) is 12.3. The number of allylic oxidation sites excluding steroid dienone is 4. The molecule has 2 aromatic rings. The molecule has 2 rings (SSSR count). The number of hydrogen-bond acceptors (Lipinski definition) is 4. The van der Waals surface area contributed by atoms with Gasteiger partial charge in [0.1, 0.15) is 0 Å². The van der Waals surface area contributed by atoms with Crippen LogP contribution in [0.4, 0.5) is 9.93 Å². The molecule has 0 spiro atoms. The number of anilines is 1. The van der Waals surface area contributed by atoms with Crippen molar-refractivity contribution in [3.8, 4) is 6.07 Å². The number of nitrogens with zero attached hydrogens (tertiary/aromatic N) is 2. The monoisotopic (exact) mass is 344 g/mol. The van der Waals surface area contributed by atoms with Crippen molar-refractivity contribution in [1.29, 1.82) is 5.26 Å².